The summed E-state index contributed by atoms with van der Waals surface area (Å²) in [5.74, 6) is -1.15. The number of halogens is 2. The van der Waals surface area contributed by atoms with Crippen LogP contribution in [0.4, 0.5) is 11.4 Å². The van der Waals surface area contributed by atoms with Crippen molar-refractivity contribution < 1.29 is 14.5 Å². The fourth-order valence-electron chi connectivity index (χ4n) is 2.08. The van der Waals surface area contributed by atoms with E-state index in [2.05, 4.69) is 5.32 Å². The fourth-order valence-corrected chi connectivity index (χ4v) is 2.43. The number of benzene rings is 2. The van der Waals surface area contributed by atoms with Crippen LogP contribution in [0.3, 0.4) is 0 Å². The van der Waals surface area contributed by atoms with Crippen molar-refractivity contribution in [2.24, 2.45) is 0 Å². The van der Waals surface area contributed by atoms with E-state index in [4.69, 9.17) is 23.2 Å². The Bertz CT molecular complexity index is 842. The topological polar surface area (TPSA) is 92.6 Å². The van der Waals surface area contributed by atoms with Crippen molar-refractivity contribution in [3.63, 3.8) is 0 Å². The first-order valence-corrected chi connectivity index (χ1v) is 7.79. The molecule has 0 heterocycles. The molecular weight excluding hydrogens is 369 g/mol. The average Bonchev–Trinajstić information content (AvgIpc) is 2.56. The molecule has 0 saturated carbocycles. The van der Waals surface area contributed by atoms with Gasteiger partial charge < -0.3 is 10.2 Å². The van der Waals surface area contributed by atoms with Gasteiger partial charge in [-0.2, -0.15) is 0 Å². The summed E-state index contributed by atoms with van der Waals surface area (Å²) in [7, 11) is 1.37. The fraction of sp³-hybridized carbons (Fsp3) is 0.125. The molecule has 2 rings (SSSR count). The molecule has 1 N–H and O–H groups in total. The van der Waals surface area contributed by atoms with Crippen LogP contribution in [0.1, 0.15) is 10.4 Å². The number of anilines is 1. The average molecular weight is 382 g/mol. The normalized spacial score (nSPS) is 10.2. The summed E-state index contributed by atoms with van der Waals surface area (Å²) in [6, 6.07) is 10.4. The lowest BCUT2D eigenvalue weighted by molar-refractivity contribution is -0.385. The third-order valence-electron chi connectivity index (χ3n) is 3.26. The lowest BCUT2D eigenvalue weighted by atomic mass is 10.1. The van der Waals surface area contributed by atoms with Gasteiger partial charge in [0.05, 0.1) is 22.2 Å². The molecule has 7 nitrogen and oxygen atoms in total. The second-order valence-corrected chi connectivity index (χ2v) is 5.95. The number of hydrogen-bond acceptors (Lipinski definition) is 4. The van der Waals surface area contributed by atoms with Gasteiger partial charge in [-0.15, -0.1) is 0 Å². The van der Waals surface area contributed by atoms with Gasteiger partial charge in [-0.3, -0.25) is 19.7 Å². The highest BCUT2D eigenvalue weighted by molar-refractivity contribution is 6.33. The van der Waals surface area contributed by atoms with Crippen LogP contribution < -0.4 is 5.32 Å². The standard InChI is InChI=1S/C16H13Cl2N3O4/c1-20(9-15(22)19-13-5-3-2-4-12(13)18)16(23)11-7-6-10(17)8-14(11)21(24)25/h2-8H,9H2,1H3,(H,19,22). The molecule has 0 atom stereocenters. The minimum atomic E-state index is -0.698. The summed E-state index contributed by atoms with van der Waals surface area (Å²) < 4.78 is 0. The number of likely N-dealkylation sites (N-methyl/N-ethyl adjacent to an activating group) is 1. The van der Waals surface area contributed by atoms with Crippen LogP contribution in [-0.4, -0.2) is 35.2 Å². The van der Waals surface area contributed by atoms with E-state index < -0.39 is 22.4 Å². The van der Waals surface area contributed by atoms with E-state index >= 15 is 0 Å². The molecule has 2 aromatic carbocycles. The van der Waals surface area contributed by atoms with Crippen LogP contribution in [0.25, 0.3) is 0 Å². The van der Waals surface area contributed by atoms with Crippen LogP contribution >= 0.6 is 23.2 Å². The lowest BCUT2D eigenvalue weighted by Gasteiger charge is -2.17. The molecule has 0 aliphatic heterocycles. The molecule has 0 aromatic heterocycles. The van der Waals surface area contributed by atoms with Gasteiger partial charge >= 0.3 is 0 Å². The van der Waals surface area contributed by atoms with Crippen molar-refractivity contribution in [1.82, 2.24) is 4.90 Å². The molecule has 130 valence electrons. The van der Waals surface area contributed by atoms with Gasteiger partial charge in [0.2, 0.25) is 5.91 Å². The number of carbonyl (C=O) groups excluding carboxylic acids is 2. The maximum Gasteiger partial charge on any atom is 0.283 e. The molecule has 25 heavy (non-hydrogen) atoms. The smallest absolute Gasteiger partial charge is 0.283 e. The molecule has 9 heteroatoms. The molecule has 0 unspecified atom stereocenters. The van der Waals surface area contributed by atoms with E-state index in [0.29, 0.717) is 10.7 Å². The molecule has 0 radical (unpaired) electrons. The van der Waals surface area contributed by atoms with Gasteiger partial charge in [-0.05, 0) is 24.3 Å². The number of nitro benzene ring substituents is 1. The highest BCUT2D eigenvalue weighted by Gasteiger charge is 2.24. The Hall–Kier alpha value is -2.64. The largest absolute Gasteiger partial charge is 0.332 e. The van der Waals surface area contributed by atoms with Crippen molar-refractivity contribution in [2.75, 3.05) is 18.9 Å². The number of amides is 2. The summed E-state index contributed by atoms with van der Waals surface area (Å²) in [5, 5.41) is 14.2. The van der Waals surface area contributed by atoms with Crippen LogP contribution in [0.5, 0.6) is 0 Å². The van der Waals surface area contributed by atoms with Crippen molar-refractivity contribution in [3.8, 4) is 0 Å². The maximum absolute atomic E-state index is 12.4. The predicted octanol–water partition coefficient (Wildman–Crippen LogP) is 3.61. The highest BCUT2D eigenvalue weighted by Crippen LogP contribution is 2.24. The molecule has 0 spiro atoms. The van der Waals surface area contributed by atoms with E-state index in [1.165, 1.54) is 19.2 Å². The number of para-hydroxylation sites is 1. The molecule has 0 saturated heterocycles. The Morgan fingerprint density at radius 2 is 1.88 bits per heavy atom. The summed E-state index contributed by atoms with van der Waals surface area (Å²) >= 11 is 11.7. The zero-order valence-corrected chi connectivity index (χ0v) is 14.5. The van der Waals surface area contributed by atoms with Gasteiger partial charge in [0.25, 0.3) is 11.6 Å². The van der Waals surface area contributed by atoms with Crippen LogP contribution in [0.15, 0.2) is 42.5 Å². The maximum atomic E-state index is 12.4. The zero-order chi connectivity index (χ0) is 18.6. The summed E-state index contributed by atoms with van der Waals surface area (Å²) in [4.78, 5) is 35.9. The zero-order valence-electron chi connectivity index (χ0n) is 13.0. The second kappa shape index (κ2) is 7.96. The summed E-state index contributed by atoms with van der Waals surface area (Å²) in [6.07, 6.45) is 0. The van der Waals surface area contributed by atoms with Gasteiger partial charge in [-0.1, -0.05) is 35.3 Å². The molecule has 2 aromatic rings. The number of nitrogens with one attached hydrogen (secondary N) is 1. The van der Waals surface area contributed by atoms with E-state index in [-0.39, 0.29) is 17.1 Å². The van der Waals surface area contributed by atoms with Crippen molar-refractivity contribution in [3.05, 3.63) is 68.2 Å². The van der Waals surface area contributed by atoms with Crippen molar-refractivity contribution >= 4 is 46.4 Å². The monoisotopic (exact) mass is 381 g/mol. The molecule has 0 fully saturated rings. The first-order valence-electron chi connectivity index (χ1n) is 7.03. The third kappa shape index (κ3) is 4.68. The van der Waals surface area contributed by atoms with Crippen LogP contribution in [0.2, 0.25) is 10.0 Å². The number of hydrogen-bond donors (Lipinski definition) is 1. The highest BCUT2D eigenvalue weighted by atomic mass is 35.5. The minimum absolute atomic E-state index is 0.141. The SMILES string of the molecule is CN(CC(=O)Nc1ccccc1Cl)C(=O)c1ccc(Cl)cc1[N+](=O)[O-]. The van der Waals surface area contributed by atoms with Crippen molar-refractivity contribution in [2.45, 2.75) is 0 Å². The molecule has 0 aliphatic rings. The Kier molecular flexibility index (Phi) is 5.95. The van der Waals surface area contributed by atoms with Crippen LogP contribution in [0, 0.1) is 10.1 Å². The van der Waals surface area contributed by atoms with E-state index in [0.717, 1.165) is 11.0 Å². The Labute approximate surface area is 153 Å². The number of nitro groups is 1. The van der Waals surface area contributed by atoms with Gasteiger partial charge in [0.15, 0.2) is 0 Å². The third-order valence-corrected chi connectivity index (χ3v) is 3.83. The van der Waals surface area contributed by atoms with Crippen molar-refractivity contribution in [1.29, 1.82) is 0 Å². The van der Waals surface area contributed by atoms with Gasteiger partial charge in [0, 0.05) is 18.1 Å². The first kappa shape index (κ1) is 18.7. The van der Waals surface area contributed by atoms with Gasteiger partial charge in [0.1, 0.15) is 5.56 Å². The summed E-state index contributed by atoms with van der Waals surface area (Å²) in [5.41, 5.74) is -0.161. The quantitative estimate of drug-likeness (QED) is 0.632. The number of carbonyl (C=O) groups is 2. The summed E-state index contributed by atoms with van der Waals surface area (Å²) in [6.45, 7) is -0.302. The predicted molar refractivity (Wildman–Crippen MR) is 95.1 cm³/mol. The molecule has 2 amide bonds. The lowest BCUT2D eigenvalue weighted by Crippen LogP contribution is -2.35. The van der Waals surface area contributed by atoms with Crippen LogP contribution in [-0.2, 0) is 4.79 Å². The first-order chi connectivity index (χ1) is 11.8. The molecular formula is C16H13Cl2N3O4. The Balaban J connectivity index is 2.12. The Morgan fingerprint density at radius 1 is 1.20 bits per heavy atom. The van der Waals surface area contributed by atoms with Gasteiger partial charge in [-0.25, -0.2) is 0 Å². The molecule has 0 bridgehead atoms. The van der Waals surface area contributed by atoms with E-state index in [1.807, 2.05) is 0 Å². The second-order valence-electron chi connectivity index (χ2n) is 5.11. The number of nitrogens with zero attached hydrogens (tertiary/aromatic N) is 2. The number of rotatable bonds is 5. The van der Waals surface area contributed by atoms with E-state index in [9.17, 15) is 19.7 Å². The minimum Gasteiger partial charge on any atom is -0.332 e. The van der Waals surface area contributed by atoms with E-state index in [1.54, 1.807) is 24.3 Å². The Morgan fingerprint density at radius 3 is 2.52 bits per heavy atom. The molecule has 0 aliphatic carbocycles.